The van der Waals surface area contributed by atoms with Gasteiger partial charge in [0, 0.05) is 23.3 Å². The summed E-state index contributed by atoms with van der Waals surface area (Å²) < 4.78 is 13.4. The SMILES string of the molecule is Cc1ccc(NC(=O)CC2C(=O)N(C)C(=S)N2NC(=O)c2cccc(F)c2)cc1Cl. The van der Waals surface area contributed by atoms with Crippen molar-refractivity contribution in [3.8, 4) is 0 Å². The predicted molar refractivity (Wildman–Crippen MR) is 114 cm³/mol. The molecule has 0 spiro atoms. The number of halogens is 2. The number of carbonyl (C=O) groups excluding carboxylic acids is 3. The standard InChI is InChI=1S/C20H18ClFN4O3S/c1-11-6-7-14(9-15(11)21)23-17(27)10-16-19(29)25(2)20(30)26(16)24-18(28)12-4-3-5-13(22)8-12/h3-9,16H,10H2,1-2H3,(H,23,27)(H,24,28). The van der Waals surface area contributed by atoms with Gasteiger partial charge in [-0.2, -0.15) is 0 Å². The van der Waals surface area contributed by atoms with E-state index in [4.69, 9.17) is 23.8 Å². The van der Waals surface area contributed by atoms with E-state index in [-0.39, 0.29) is 17.1 Å². The van der Waals surface area contributed by atoms with E-state index in [2.05, 4.69) is 10.7 Å². The summed E-state index contributed by atoms with van der Waals surface area (Å²) in [6.45, 7) is 1.83. The molecular formula is C20H18ClFN4O3S. The molecule has 1 heterocycles. The third-order valence-corrected chi connectivity index (χ3v) is 5.44. The minimum atomic E-state index is -1.04. The molecule has 10 heteroatoms. The lowest BCUT2D eigenvalue weighted by Gasteiger charge is -2.24. The second-order valence-corrected chi connectivity index (χ2v) is 7.51. The molecule has 3 amide bonds. The normalized spacial score (nSPS) is 16.1. The number of nitrogens with zero attached hydrogens (tertiary/aromatic N) is 2. The van der Waals surface area contributed by atoms with E-state index >= 15 is 0 Å². The molecule has 0 radical (unpaired) electrons. The molecule has 1 aliphatic rings. The Morgan fingerprint density at radius 2 is 1.97 bits per heavy atom. The van der Waals surface area contributed by atoms with Gasteiger partial charge in [-0.15, -0.1) is 0 Å². The number of benzene rings is 2. The zero-order chi connectivity index (χ0) is 22.0. The van der Waals surface area contributed by atoms with Crippen LogP contribution >= 0.6 is 23.8 Å². The summed E-state index contributed by atoms with van der Waals surface area (Å²) >= 11 is 11.3. The van der Waals surface area contributed by atoms with Crippen LogP contribution in [0.5, 0.6) is 0 Å². The predicted octanol–water partition coefficient (Wildman–Crippen LogP) is 2.89. The van der Waals surface area contributed by atoms with Crippen molar-refractivity contribution in [1.29, 1.82) is 0 Å². The molecule has 156 valence electrons. The first-order valence-electron chi connectivity index (χ1n) is 8.90. The lowest BCUT2D eigenvalue weighted by Crippen LogP contribution is -2.49. The highest BCUT2D eigenvalue weighted by molar-refractivity contribution is 7.80. The van der Waals surface area contributed by atoms with Crippen LogP contribution in [0.2, 0.25) is 5.02 Å². The van der Waals surface area contributed by atoms with Crippen LogP contribution in [-0.4, -0.2) is 45.8 Å². The van der Waals surface area contributed by atoms with Crippen LogP contribution in [0, 0.1) is 12.7 Å². The number of anilines is 1. The minimum absolute atomic E-state index is 0.0286. The van der Waals surface area contributed by atoms with Gasteiger partial charge in [0.1, 0.15) is 11.9 Å². The van der Waals surface area contributed by atoms with Crippen molar-refractivity contribution < 1.29 is 18.8 Å². The van der Waals surface area contributed by atoms with Crippen LogP contribution in [0.1, 0.15) is 22.3 Å². The van der Waals surface area contributed by atoms with E-state index in [0.717, 1.165) is 16.6 Å². The fourth-order valence-corrected chi connectivity index (χ4v) is 3.33. The largest absolute Gasteiger partial charge is 0.326 e. The third kappa shape index (κ3) is 4.58. The lowest BCUT2D eigenvalue weighted by molar-refractivity contribution is -0.130. The van der Waals surface area contributed by atoms with Gasteiger partial charge in [-0.1, -0.05) is 23.7 Å². The number of thiocarbonyl (C=S) groups is 1. The molecule has 2 N–H and O–H groups in total. The van der Waals surface area contributed by atoms with Crippen molar-refractivity contribution in [2.24, 2.45) is 0 Å². The molecule has 1 fully saturated rings. The lowest BCUT2D eigenvalue weighted by atomic mass is 10.1. The van der Waals surface area contributed by atoms with Crippen molar-refractivity contribution in [1.82, 2.24) is 15.3 Å². The molecule has 0 bridgehead atoms. The van der Waals surface area contributed by atoms with Gasteiger partial charge >= 0.3 is 0 Å². The Labute approximate surface area is 182 Å². The van der Waals surface area contributed by atoms with E-state index in [1.54, 1.807) is 18.2 Å². The van der Waals surface area contributed by atoms with Crippen LogP contribution in [0.25, 0.3) is 0 Å². The molecule has 2 aromatic rings. The van der Waals surface area contributed by atoms with Gasteiger partial charge in [0.15, 0.2) is 5.11 Å². The van der Waals surface area contributed by atoms with Crippen molar-refractivity contribution in [2.45, 2.75) is 19.4 Å². The summed E-state index contributed by atoms with van der Waals surface area (Å²) in [5, 5.41) is 4.34. The number of hydrogen-bond donors (Lipinski definition) is 2. The third-order valence-electron chi connectivity index (χ3n) is 4.56. The highest BCUT2D eigenvalue weighted by Gasteiger charge is 2.42. The van der Waals surface area contributed by atoms with Gasteiger partial charge in [0.05, 0.1) is 6.42 Å². The minimum Gasteiger partial charge on any atom is -0.326 e. The molecule has 0 saturated carbocycles. The van der Waals surface area contributed by atoms with Crippen molar-refractivity contribution in [3.63, 3.8) is 0 Å². The van der Waals surface area contributed by atoms with E-state index < -0.39 is 29.6 Å². The molecule has 1 atom stereocenters. The summed E-state index contributed by atoms with van der Waals surface area (Å²) in [6.07, 6.45) is -0.266. The second kappa shape index (κ2) is 8.76. The molecular weight excluding hydrogens is 431 g/mol. The molecule has 1 saturated heterocycles. The van der Waals surface area contributed by atoms with Crippen molar-refractivity contribution in [3.05, 3.63) is 64.4 Å². The van der Waals surface area contributed by atoms with Gasteiger partial charge in [-0.3, -0.25) is 24.7 Å². The Kier molecular flexibility index (Phi) is 6.33. The number of hydrogen-bond acceptors (Lipinski definition) is 4. The summed E-state index contributed by atoms with van der Waals surface area (Å²) in [4.78, 5) is 38.7. The van der Waals surface area contributed by atoms with E-state index in [1.807, 2.05) is 6.92 Å². The maximum absolute atomic E-state index is 13.4. The van der Waals surface area contributed by atoms with Crippen molar-refractivity contribution >= 4 is 52.3 Å². The molecule has 7 nitrogen and oxygen atoms in total. The molecule has 0 aliphatic carbocycles. The summed E-state index contributed by atoms with van der Waals surface area (Å²) in [5.74, 6) is -2.14. The molecule has 30 heavy (non-hydrogen) atoms. The fourth-order valence-electron chi connectivity index (χ4n) is 2.89. The first-order valence-corrected chi connectivity index (χ1v) is 9.69. The molecule has 1 unspecified atom stereocenters. The van der Waals surface area contributed by atoms with E-state index in [0.29, 0.717) is 10.7 Å². The fraction of sp³-hybridized carbons (Fsp3) is 0.200. The Hall–Kier alpha value is -3.04. The van der Waals surface area contributed by atoms with Gasteiger partial charge in [0.25, 0.3) is 11.8 Å². The molecule has 0 aromatic heterocycles. The number of hydrazine groups is 1. The second-order valence-electron chi connectivity index (χ2n) is 6.73. The Morgan fingerprint density at radius 1 is 1.23 bits per heavy atom. The maximum Gasteiger partial charge on any atom is 0.269 e. The Morgan fingerprint density at radius 3 is 2.63 bits per heavy atom. The van der Waals surface area contributed by atoms with Gasteiger partial charge < -0.3 is 5.32 Å². The summed E-state index contributed by atoms with van der Waals surface area (Å²) in [5.41, 5.74) is 3.88. The van der Waals surface area contributed by atoms with Crippen LogP contribution in [0.4, 0.5) is 10.1 Å². The van der Waals surface area contributed by atoms with Crippen LogP contribution in [-0.2, 0) is 9.59 Å². The zero-order valence-electron chi connectivity index (χ0n) is 16.1. The van der Waals surface area contributed by atoms with E-state index in [1.165, 1.54) is 30.1 Å². The van der Waals surface area contributed by atoms with Crippen LogP contribution < -0.4 is 10.7 Å². The number of rotatable bonds is 5. The maximum atomic E-state index is 13.4. The monoisotopic (exact) mass is 448 g/mol. The van der Waals surface area contributed by atoms with Crippen molar-refractivity contribution in [2.75, 3.05) is 12.4 Å². The number of nitrogens with one attached hydrogen (secondary N) is 2. The van der Waals surface area contributed by atoms with Gasteiger partial charge in [-0.05, 0) is 55.0 Å². The molecule has 3 rings (SSSR count). The first kappa shape index (κ1) is 21.7. The Balaban J connectivity index is 1.74. The van der Waals surface area contributed by atoms with Gasteiger partial charge in [0.2, 0.25) is 5.91 Å². The van der Waals surface area contributed by atoms with Crippen LogP contribution in [0.3, 0.4) is 0 Å². The van der Waals surface area contributed by atoms with E-state index in [9.17, 15) is 18.8 Å². The first-order chi connectivity index (χ1) is 14.2. The number of aryl methyl sites for hydroxylation is 1. The highest BCUT2D eigenvalue weighted by atomic mass is 35.5. The molecule has 2 aromatic carbocycles. The summed E-state index contributed by atoms with van der Waals surface area (Å²) in [6, 6.07) is 9.09. The van der Waals surface area contributed by atoms with Gasteiger partial charge in [-0.25, -0.2) is 9.40 Å². The van der Waals surface area contributed by atoms with Crippen LogP contribution in [0.15, 0.2) is 42.5 Å². The Bertz CT molecular complexity index is 1050. The number of amides is 3. The number of likely N-dealkylation sites (N-methyl/N-ethyl adjacent to an activating group) is 1. The average Bonchev–Trinajstić information content (AvgIpc) is 2.89. The smallest absolute Gasteiger partial charge is 0.269 e. The molecule has 1 aliphatic heterocycles. The number of carbonyl (C=O) groups is 3. The average molecular weight is 449 g/mol. The topological polar surface area (TPSA) is 81.8 Å². The summed E-state index contributed by atoms with van der Waals surface area (Å²) in [7, 11) is 1.45. The quantitative estimate of drug-likeness (QED) is 0.687. The zero-order valence-corrected chi connectivity index (χ0v) is 17.7. The highest BCUT2D eigenvalue weighted by Crippen LogP contribution is 2.22.